The number of aromatic nitrogens is 1. The molecule has 1 unspecified atom stereocenters. The van der Waals surface area contributed by atoms with Crippen LogP contribution in [-0.2, 0) is 6.18 Å². The summed E-state index contributed by atoms with van der Waals surface area (Å²) < 4.78 is 69.3. The molecule has 0 radical (unpaired) electrons. The molecule has 1 atom stereocenters. The number of fused-ring (bicyclic) bond motifs is 1. The Labute approximate surface area is 224 Å². The first-order chi connectivity index (χ1) is 18.1. The zero-order chi connectivity index (χ0) is 28.7. The van der Waals surface area contributed by atoms with Crippen LogP contribution in [0.25, 0.3) is 5.70 Å². The summed E-state index contributed by atoms with van der Waals surface area (Å²) in [5, 5.41) is 0. The first-order valence-electron chi connectivity index (χ1n) is 13.4. The highest BCUT2D eigenvalue weighted by molar-refractivity contribution is 5.67. The summed E-state index contributed by atoms with van der Waals surface area (Å²) >= 11 is 0. The smallest absolute Gasteiger partial charge is 0.416 e. The van der Waals surface area contributed by atoms with E-state index in [1.807, 2.05) is 13.8 Å². The summed E-state index contributed by atoms with van der Waals surface area (Å²) in [6.07, 6.45) is 10.1. The molecule has 2 aromatic rings. The molecular weight excluding hydrogens is 501 g/mol. The normalized spacial score (nSPS) is 15.3. The van der Waals surface area contributed by atoms with Gasteiger partial charge in [0.25, 0.3) is 0 Å². The van der Waals surface area contributed by atoms with Gasteiger partial charge in [-0.05, 0) is 36.9 Å². The van der Waals surface area contributed by atoms with E-state index in [1.54, 1.807) is 24.1 Å². The maximum absolute atomic E-state index is 13.0. The predicted molar refractivity (Wildman–Crippen MR) is 144 cm³/mol. The van der Waals surface area contributed by atoms with Gasteiger partial charge < -0.3 is 10.5 Å². The molecule has 3 rings (SSSR count). The molecule has 0 bridgehead atoms. The van der Waals surface area contributed by atoms with E-state index in [0.29, 0.717) is 29.4 Å². The van der Waals surface area contributed by atoms with E-state index in [9.17, 15) is 22.0 Å². The van der Waals surface area contributed by atoms with Crippen LogP contribution in [-0.4, -0.2) is 30.1 Å². The summed E-state index contributed by atoms with van der Waals surface area (Å²) in [5.41, 5.74) is 6.84. The van der Waals surface area contributed by atoms with Crippen LogP contribution in [0.1, 0.15) is 101 Å². The first kappa shape index (κ1) is 33.3. The number of ether oxygens (including phenoxy) is 1. The van der Waals surface area contributed by atoms with Crippen molar-refractivity contribution in [2.45, 2.75) is 91.5 Å². The number of pyridine rings is 1. The van der Waals surface area contributed by atoms with Gasteiger partial charge in [-0.15, -0.1) is 0 Å². The van der Waals surface area contributed by atoms with Gasteiger partial charge >= 0.3 is 12.8 Å². The molecule has 1 aromatic heterocycles. The molecule has 0 saturated heterocycles. The lowest BCUT2D eigenvalue weighted by molar-refractivity contribution is -0.138. The van der Waals surface area contributed by atoms with Crippen LogP contribution in [0.3, 0.4) is 0 Å². The minimum Gasteiger partial charge on any atom is -0.434 e. The summed E-state index contributed by atoms with van der Waals surface area (Å²) in [4.78, 5) is 5.80. The maximum Gasteiger partial charge on any atom is 0.416 e. The lowest BCUT2D eigenvalue weighted by Gasteiger charge is -2.29. The van der Waals surface area contributed by atoms with Gasteiger partial charge in [-0.3, -0.25) is 9.88 Å². The second-order valence-corrected chi connectivity index (χ2v) is 8.86. The molecular formula is C29H42F5N3O. The highest BCUT2D eigenvalue weighted by Crippen LogP contribution is 2.41. The van der Waals surface area contributed by atoms with E-state index in [0.717, 1.165) is 12.1 Å². The Morgan fingerprint density at radius 3 is 2.16 bits per heavy atom. The summed E-state index contributed by atoms with van der Waals surface area (Å²) in [6, 6.07) is 3.62. The third-order valence-electron chi connectivity index (χ3n) is 6.06. The third-order valence-corrected chi connectivity index (χ3v) is 6.06. The lowest BCUT2D eigenvalue weighted by Crippen LogP contribution is -2.26. The Morgan fingerprint density at radius 1 is 1.00 bits per heavy atom. The van der Waals surface area contributed by atoms with E-state index in [4.69, 9.17) is 5.73 Å². The Kier molecular flexibility index (Phi) is 14.9. The van der Waals surface area contributed by atoms with E-state index < -0.39 is 30.1 Å². The second kappa shape index (κ2) is 17.0. The van der Waals surface area contributed by atoms with E-state index in [-0.39, 0.29) is 5.56 Å². The summed E-state index contributed by atoms with van der Waals surface area (Å²) in [5.74, 6) is -0.528. The fourth-order valence-corrected chi connectivity index (χ4v) is 4.15. The van der Waals surface area contributed by atoms with Gasteiger partial charge in [-0.1, -0.05) is 78.7 Å². The average molecular weight is 544 g/mol. The zero-order valence-electron chi connectivity index (χ0n) is 23.1. The Bertz CT molecular complexity index is 973. The molecule has 38 heavy (non-hydrogen) atoms. The topological polar surface area (TPSA) is 51.4 Å². The molecule has 4 nitrogen and oxygen atoms in total. The molecule has 0 fully saturated rings. The number of nitrogens with two attached hydrogens (primary N) is 1. The number of rotatable bonds is 9. The minimum absolute atomic E-state index is 0.182. The van der Waals surface area contributed by atoms with Crippen LogP contribution in [0.15, 0.2) is 42.7 Å². The van der Waals surface area contributed by atoms with E-state index in [2.05, 4.69) is 23.6 Å². The van der Waals surface area contributed by atoms with Gasteiger partial charge in [0.1, 0.15) is 5.75 Å². The number of hydrogen-bond donors (Lipinski definition) is 1. The van der Waals surface area contributed by atoms with Crippen LogP contribution >= 0.6 is 0 Å². The average Bonchev–Trinajstić information content (AvgIpc) is 3.01. The molecule has 2 heterocycles. The number of hydrogen-bond acceptors (Lipinski definition) is 4. The van der Waals surface area contributed by atoms with Crippen molar-refractivity contribution in [1.82, 2.24) is 9.88 Å². The number of alkyl halides is 5. The van der Waals surface area contributed by atoms with Crippen molar-refractivity contribution in [3.8, 4) is 5.75 Å². The van der Waals surface area contributed by atoms with Gasteiger partial charge in [0.2, 0.25) is 0 Å². The van der Waals surface area contributed by atoms with E-state index >= 15 is 0 Å². The van der Waals surface area contributed by atoms with Gasteiger partial charge in [-0.2, -0.15) is 22.0 Å². The molecule has 214 valence electrons. The van der Waals surface area contributed by atoms with Crippen molar-refractivity contribution < 1.29 is 26.7 Å². The largest absolute Gasteiger partial charge is 0.434 e. The van der Waals surface area contributed by atoms with Crippen molar-refractivity contribution in [3.63, 3.8) is 0 Å². The van der Waals surface area contributed by atoms with E-state index in [1.165, 1.54) is 57.3 Å². The van der Waals surface area contributed by atoms with Crippen molar-refractivity contribution in [1.29, 1.82) is 0 Å². The van der Waals surface area contributed by atoms with Gasteiger partial charge in [0.05, 0.1) is 11.6 Å². The Morgan fingerprint density at radius 2 is 1.61 bits per heavy atom. The maximum atomic E-state index is 13.0. The number of halogens is 5. The zero-order valence-corrected chi connectivity index (χ0v) is 23.1. The van der Waals surface area contributed by atoms with Gasteiger partial charge in [0, 0.05) is 35.8 Å². The number of nitrogens with zero attached hydrogens (tertiary/aromatic N) is 2. The molecule has 0 spiro atoms. The van der Waals surface area contributed by atoms with Crippen molar-refractivity contribution >= 4 is 5.70 Å². The minimum atomic E-state index is -4.68. The fraction of sp³-hybridized carbons (Fsp3) is 0.552. The molecule has 0 aliphatic carbocycles. The SMILES string of the molecule is CC.CCCCCCCCC.CN1CC=C(N)c2cnccc2C1c1ccc(C(F)(F)F)cc1OC(F)F. The van der Waals surface area contributed by atoms with Crippen molar-refractivity contribution in [2.75, 3.05) is 13.6 Å². The molecule has 1 aliphatic heterocycles. The monoisotopic (exact) mass is 543 g/mol. The predicted octanol–water partition coefficient (Wildman–Crippen LogP) is 8.82. The first-order valence-corrected chi connectivity index (χ1v) is 13.4. The lowest BCUT2D eigenvalue weighted by atomic mass is 9.93. The molecule has 0 amide bonds. The summed E-state index contributed by atoms with van der Waals surface area (Å²) in [6.45, 7) is 5.63. The molecule has 2 N–H and O–H groups in total. The van der Waals surface area contributed by atoms with Crippen molar-refractivity contribution in [2.24, 2.45) is 5.73 Å². The molecule has 9 heteroatoms. The van der Waals surface area contributed by atoms with Crippen LogP contribution in [0, 0.1) is 0 Å². The summed E-state index contributed by atoms with van der Waals surface area (Å²) in [7, 11) is 1.72. The molecule has 1 aromatic carbocycles. The number of likely N-dealkylation sites (N-methyl/N-ethyl adjacent to an activating group) is 1. The Balaban J connectivity index is 0.000000559. The van der Waals surface area contributed by atoms with Crippen LogP contribution in [0.2, 0.25) is 0 Å². The van der Waals surface area contributed by atoms with Crippen LogP contribution < -0.4 is 10.5 Å². The standard InChI is InChI=1S/C18H16F5N3O.C9H20.C2H6/c1-26-7-5-14(24)13-9-25-6-4-11(13)16(26)12-3-2-10(18(21,22)23)8-15(12)27-17(19)20;1-3-5-7-9-8-6-4-2;1-2/h2-6,8-9,16-17H,7,24H2,1H3;3-9H2,1-2H3;1-2H3. The number of unbranched alkanes of at least 4 members (excludes halogenated alkanes) is 6. The van der Waals surface area contributed by atoms with Crippen LogP contribution in [0.5, 0.6) is 5.75 Å². The fourth-order valence-electron chi connectivity index (χ4n) is 4.15. The van der Waals surface area contributed by atoms with Gasteiger partial charge in [0.15, 0.2) is 0 Å². The number of benzene rings is 1. The third kappa shape index (κ3) is 10.2. The quantitative estimate of drug-likeness (QED) is 0.254. The Hall–Kier alpha value is -2.68. The van der Waals surface area contributed by atoms with Crippen molar-refractivity contribution in [3.05, 3.63) is 65.0 Å². The highest BCUT2D eigenvalue weighted by Gasteiger charge is 2.34. The molecule has 0 saturated carbocycles. The van der Waals surface area contributed by atoms with Gasteiger partial charge in [-0.25, -0.2) is 0 Å². The molecule has 1 aliphatic rings. The highest BCUT2D eigenvalue weighted by atomic mass is 19.4. The second-order valence-electron chi connectivity index (χ2n) is 8.86. The van der Waals surface area contributed by atoms with Crippen LogP contribution in [0.4, 0.5) is 22.0 Å².